The smallest absolute Gasteiger partial charge is 0.0721 e. The second-order valence-corrected chi connectivity index (χ2v) is 5.30. The SMILES string of the molecule is COCCC(C)Nc1c(Cl)cc(Br)cc1Cl. The molecule has 1 rings (SSSR count). The third-order valence-corrected chi connectivity index (χ3v) is 3.21. The minimum atomic E-state index is 0.260. The average Bonchev–Trinajstić information content (AvgIpc) is 2.20. The van der Waals surface area contributed by atoms with E-state index >= 15 is 0 Å². The van der Waals surface area contributed by atoms with Crippen LogP contribution in [0.2, 0.25) is 10.0 Å². The van der Waals surface area contributed by atoms with Gasteiger partial charge in [0, 0.05) is 24.2 Å². The number of rotatable bonds is 5. The maximum atomic E-state index is 6.10. The fraction of sp³-hybridized carbons (Fsp3) is 0.455. The van der Waals surface area contributed by atoms with Crippen LogP contribution < -0.4 is 5.32 Å². The lowest BCUT2D eigenvalue weighted by molar-refractivity contribution is 0.191. The van der Waals surface area contributed by atoms with E-state index in [2.05, 4.69) is 28.2 Å². The number of anilines is 1. The van der Waals surface area contributed by atoms with Gasteiger partial charge in [-0.3, -0.25) is 0 Å². The Labute approximate surface area is 114 Å². The second kappa shape index (κ2) is 6.70. The van der Waals surface area contributed by atoms with Crippen molar-refractivity contribution >= 4 is 44.8 Å². The van der Waals surface area contributed by atoms with Crippen LogP contribution in [-0.2, 0) is 4.74 Å². The number of methoxy groups -OCH3 is 1. The molecule has 16 heavy (non-hydrogen) atoms. The molecular weight excluding hydrogens is 313 g/mol. The number of hydrogen-bond acceptors (Lipinski definition) is 2. The summed E-state index contributed by atoms with van der Waals surface area (Å²) in [7, 11) is 1.69. The molecular formula is C11H14BrCl2NO. The Morgan fingerprint density at radius 2 is 1.94 bits per heavy atom. The van der Waals surface area contributed by atoms with Crippen LogP contribution in [0.15, 0.2) is 16.6 Å². The van der Waals surface area contributed by atoms with Gasteiger partial charge in [0.05, 0.1) is 15.7 Å². The van der Waals surface area contributed by atoms with Crippen molar-refractivity contribution in [1.82, 2.24) is 0 Å². The zero-order chi connectivity index (χ0) is 12.1. The summed E-state index contributed by atoms with van der Waals surface area (Å²) in [6, 6.07) is 3.90. The van der Waals surface area contributed by atoms with Gasteiger partial charge in [-0.15, -0.1) is 0 Å². The molecule has 0 aliphatic rings. The van der Waals surface area contributed by atoms with Crippen LogP contribution in [0.5, 0.6) is 0 Å². The maximum Gasteiger partial charge on any atom is 0.0721 e. The van der Waals surface area contributed by atoms with Crippen LogP contribution >= 0.6 is 39.1 Å². The van der Waals surface area contributed by atoms with E-state index in [9.17, 15) is 0 Å². The van der Waals surface area contributed by atoms with Crippen LogP contribution in [0.3, 0.4) is 0 Å². The van der Waals surface area contributed by atoms with Crippen molar-refractivity contribution in [3.05, 3.63) is 26.7 Å². The minimum Gasteiger partial charge on any atom is -0.385 e. The molecule has 5 heteroatoms. The molecule has 0 aliphatic carbocycles. The highest BCUT2D eigenvalue weighted by Gasteiger charge is 2.10. The summed E-state index contributed by atoms with van der Waals surface area (Å²) in [5.74, 6) is 0. The molecule has 0 saturated heterocycles. The van der Waals surface area contributed by atoms with Gasteiger partial charge in [-0.05, 0) is 25.5 Å². The number of ether oxygens (including phenoxy) is 1. The zero-order valence-electron chi connectivity index (χ0n) is 9.19. The van der Waals surface area contributed by atoms with Gasteiger partial charge in [0.2, 0.25) is 0 Å². The molecule has 0 spiro atoms. The summed E-state index contributed by atoms with van der Waals surface area (Å²) in [6.07, 6.45) is 0.902. The summed E-state index contributed by atoms with van der Waals surface area (Å²) in [5.41, 5.74) is 0.773. The number of halogens is 3. The Kier molecular flexibility index (Phi) is 5.90. The topological polar surface area (TPSA) is 21.3 Å². The van der Waals surface area contributed by atoms with Gasteiger partial charge in [-0.2, -0.15) is 0 Å². The molecule has 0 bridgehead atoms. The van der Waals surface area contributed by atoms with Gasteiger partial charge in [0.1, 0.15) is 0 Å². The highest BCUT2D eigenvalue weighted by atomic mass is 79.9. The highest BCUT2D eigenvalue weighted by molar-refractivity contribution is 9.10. The molecule has 1 atom stereocenters. The van der Waals surface area contributed by atoms with Crippen LogP contribution in [0, 0.1) is 0 Å². The first kappa shape index (κ1) is 14.1. The molecule has 0 fully saturated rings. The fourth-order valence-electron chi connectivity index (χ4n) is 1.29. The highest BCUT2D eigenvalue weighted by Crippen LogP contribution is 2.34. The van der Waals surface area contributed by atoms with E-state index < -0.39 is 0 Å². The van der Waals surface area contributed by atoms with Gasteiger partial charge in [-0.25, -0.2) is 0 Å². The molecule has 1 unspecified atom stereocenters. The quantitative estimate of drug-likeness (QED) is 0.854. The third-order valence-electron chi connectivity index (χ3n) is 2.15. The van der Waals surface area contributed by atoms with Crippen molar-refractivity contribution < 1.29 is 4.74 Å². The molecule has 0 amide bonds. The Bertz CT molecular complexity index is 337. The van der Waals surface area contributed by atoms with E-state index in [0.717, 1.165) is 16.6 Å². The van der Waals surface area contributed by atoms with E-state index in [4.69, 9.17) is 27.9 Å². The van der Waals surface area contributed by atoms with Crippen LogP contribution in [-0.4, -0.2) is 19.8 Å². The number of benzene rings is 1. The Hall–Kier alpha value is 0.0400. The molecule has 90 valence electrons. The van der Waals surface area contributed by atoms with Crippen LogP contribution in [0.25, 0.3) is 0 Å². The van der Waals surface area contributed by atoms with Crippen molar-refractivity contribution in [3.63, 3.8) is 0 Å². The van der Waals surface area contributed by atoms with E-state index in [0.29, 0.717) is 16.7 Å². The molecule has 2 nitrogen and oxygen atoms in total. The molecule has 1 aromatic rings. The lowest BCUT2D eigenvalue weighted by Crippen LogP contribution is -2.17. The molecule has 0 aliphatic heterocycles. The summed E-state index contributed by atoms with van der Waals surface area (Å²) < 4.78 is 5.89. The minimum absolute atomic E-state index is 0.260. The molecule has 0 radical (unpaired) electrons. The van der Waals surface area contributed by atoms with Crippen LogP contribution in [0.1, 0.15) is 13.3 Å². The van der Waals surface area contributed by atoms with E-state index in [-0.39, 0.29) is 6.04 Å². The van der Waals surface area contributed by atoms with E-state index in [1.54, 1.807) is 7.11 Å². The predicted molar refractivity (Wildman–Crippen MR) is 73.7 cm³/mol. The Morgan fingerprint density at radius 1 is 1.38 bits per heavy atom. The summed E-state index contributed by atoms with van der Waals surface area (Å²) in [4.78, 5) is 0. The van der Waals surface area contributed by atoms with Gasteiger partial charge in [0.25, 0.3) is 0 Å². The molecule has 0 aromatic heterocycles. The van der Waals surface area contributed by atoms with Crippen molar-refractivity contribution in [2.45, 2.75) is 19.4 Å². The first-order valence-electron chi connectivity index (χ1n) is 4.94. The van der Waals surface area contributed by atoms with Crippen molar-refractivity contribution in [2.75, 3.05) is 19.0 Å². The molecule has 1 aromatic carbocycles. The summed E-state index contributed by atoms with van der Waals surface area (Å²) in [5, 5.41) is 4.50. The van der Waals surface area contributed by atoms with Gasteiger partial charge < -0.3 is 10.1 Å². The van der Waals surface area contributed by atoms with Gasteiger partial charge in [0.15, 0.2) is 0 Å². The van der Waals surface area contributed by atoms with Gasteiger partial charge >= 0.3 is 0 Å². The molecule has 0 heterocycles. The molecule has 0 saturated carbocycles. The first-order chi connectivity index (χ1) is 7.54. The Balaban J connectivity index is 2.73. The summed E-state index contributed by atoms with van der Waals surface area (Å²) >= 11 is 15.5. The average molecular weight is 327 g/mol. The largest absolute Gasteiger partial charge is 0.385 e. The maximum absolute atomic E-state index is 6.10. The summed E-state index contributed by atoms with van der Waals surface area (Å²) in [6.45, 7) is 2.77. The van der Waals surface area contributed by atoms with Crippen molar-refractivity contribution in [2.24, 2.45) is 0 Å². The number of hydrogen-bond donors (Lipinski definition) is 1. The lowest BCUT2D eigenvalue weighted by Gasteiger charge is -2.17. The lowest BCUT2D eigenvalue weighted by atomic mass is 10.2. The molecule has 1 N–H and O–H groups in total. The fourth-order valence-corrected chi connectivity index (χ4v) is 2.61. The van der Waals surface area contributed by atoms with E-state index in [1.807, 2.05) is 12.1 Å². The van der Waals surface area contributed by atoms with Gasteiger partial charge in [-0.1, -0.05) is 39.1 Å². The second-order valence-electron chi connectivity index (χ2n) is 3.57. The van der Waals surface area contributed by atoms with Crippen LogP contribution in [0.4, 0.5) is 5.69 Å². The third kappa shape index (κ3) is 4.13. The predicted octanol–water partition coefficient (Wildman–Crippen LogP) is 4.59. The first-order valence-corrected chi connectivity index (χ1v) is 6.49. The Morgan fingerprint density at radius 3 is 2.44 bits per heavy atom. The van der Waals surface area contributed by atoms with Crippen molar-refractivity contribution in [1.29, 1.82) is 0 Å². The number of nitrogens with one attached hydrogen (secondary N) is 1. The van der Waals surface area contributed by atoms with Crippen molar-refractivity contribution in [3.8, 4) is 0 Å². The zero-order valence-corrected chi connectivity index (χ0v) is 12.3. The van der Waals surface area contributed by atoms with E-state index in [1.165, 1.54) is 0 Å². The monoisotopic (exact) mass is 325 g/mol. The normalized spacial score (nSPS) is 12.6. The standard InChI is InChI=1S/C11H14BrCl2NO/c1-7(3-4-16-2)15-11-9(13)5-8(12)6-10(11)14/h5-7,15H,3-4H2,1-2H3.